The molecule has 2 amide bonds. The van der Waals surface area contributed by atoms with Crippen LogP contribution in [0.3, 0.4) is 0 Å². The van der Waals surface area contributed by atoms with Crippen molar-refractivity contribution in [2.75, 3.05) is 6.54 Å². The maximum atomic E-state index is 13.7. The van der Waals surface area contributed by atoms with Crippen LogP contribution in [0.5, 0.6) is 0 Å². The second kappa shape index (κ2) is 9.52. The van der Waals surface area contributed by atoms with Gasteiger partial charge in [0.1, 0.15) is 0 Å². The molecule has 0 bridgehead atoms. The lowest BCUT2D eigenvalue weighted by Crippen LogP contribution is -2.50. The Hall–Kier alpha value is -2.92. The Bertz CT molecular complexity index is 1120. The molecule has 1 aliphatic carbocycles. The van der Waals surface area contributed by atoms with E-state index in [-0.39, 0.29) is 23.9 Å². The average Bonchev–Trinajstić information content (AvgIpc) is 3.55. The van der Waals surface area contributed by atoms with Crippen LogP contribution in [0.25, 0.3) is 0 Å². The van der Waals surface area contributed by atoms with Crippen LogP contribution in [0.2, 0.25) is 0 Å². The minimum Gasteiger partial charge on any atom is -0.355 e. The highest BCUT2D eigenvalue weighted by atomic mass is 32.1. The summed E-state index contributed by atoms with van der Waals surface area (Å²) >= 11 is 1.64. The topological polar surface area (TPSA) is 49.4 Å². The van der Waals surface area contributed by atoms with E-state index in [9.17, 15) is 9.59 Å². The molecule has 33 heavy (non-hydrogen) atoms. The number of hydrogen-bond donors (Lipinski definition) is 1. The number of amides is 2. The molecule has 0 radical (unpaired) electrons. The third-order valence-corrected chi connectivity index (χ3v) is 7.99. The van der Waals surface area contributed by atoms with Crippen molar-refractivity contribution in [2.45, 2.75) is 57.0 Å². The molecule has 0 saturated heterocycles. The fourth-order valence-corrected chi connectivity index (χ4v) is 6.24. The van der Waals surface area contributed by atoms with Crippen molar-refractivity contribution in [3.05, 3.63) is 93.2 Å². The van der Waals surface area contributed by atoms with E-state index in [1.807, 2.05) is 40.6 Å². The van der Waals surface area contributed by atoms with E-state index in [0.717, 1.165) is 42.5 Å². The van der Waals surface area contributed by atoms with E-state index in [0.29, 0.717) is 12.1 Å². The molecule has 2 unspecified atom stereocenters. The minimum absolute atomic E-state index is 0.00320. The average molecular weight is 459 g/mol. The van der Waals surface area contributed by atoms with Gasteiger partial charge in [-0.15, -0.1) is 11.3 Å². The summed E-state index contributed by atoms with van der Waals surface area (Å²) in [5.74, 6) is -0.334. The van der Waals surface area contributed by atoms with Crippen LogP contribution in [-0.2, 0) is 11.2 Å². The summed E-state index contributed by atoms with van der Waals surface area (Å²) in [5.41, 5.74) is 3.97. The molecule has 2 atom stereocenters. The summed E-state index contributed by atoms with van der Waals surface area (Å²) in [6.45, 7) is 2.66. The Morgan fingerprint density at radius 3 is 2.52 bits per heavy atom. The van der Waals surface area contributed by atoms with Gasteiger partial charge >= 0.3 is 0 Å². The first-order chi connectivity index (χ1) is 16.1. The van der Waals surface area contributed by atoms with Gasteiger partial charge in [0.05, 0.1) is 12.0 Å². The van der Waals surface area contributed by atoms with Crippen molar-refractivity contribution >= 4 is 23.2 Å². The van der Waals surface area contributed by atoms with E-state index in [2.05, 4.69) is 42.6 Å². The number of fused-ring (bicyclic) bond motifs is 1. The van der Waals surface area contributed by atoms with Gasteiger partial charge in [0, 0.05) is 23.0 Å². The summed E-state index contributed by atoms with van der Waals surface area (Å²) in [7, 11) is 0. The molecule has 0 spiro atoms. The van der Waals surface area contributed by atoms with Crippen LogP contribution >= 0.6 is 11.3 Å². The van der Waals surface area contributed by atoms with Gasteiger partial charge in [0.25, 0.3) is 5.91 Å². The Kier molecular flexibility index (Phi) is 6.32. The van der Waals surface area contributed by atoms with Crippen LogP contribution in [0, 0.1) is 6.92 Å². The molecule has 170 valence electrons. The largest absolute Gasteiger partial charge is 0.355 e. The van der Waals surface area contributed by atoms with Crippen molar-refractivity contribution < 1.29 is 9.59 Å². The second-order valence-electron chi connectivity index (χ2n) is 9.20. The Morgan fingerprint density at radius 2 is 1.79 bits per heavy atom. The van der Waals surface area contributed by atoms with Crippen molar-refractivity contribution in [1.82, 2.24) is 10.2 Å². The molecule has 1 N–H and O–H groups in total. The molecule has 1 saturated carbocycles. The summed E-state index contributed by atoms with van der Waals surface area (Å²) in [5, 5.41) is 5.24. The minimum atomic E-state index is -0.406. The maximum absolute atomic E-state index is 13.7. The predicted octanol–water partition coefficient (Wildman–Crippen LogP) is 5.64. The number of thiophene rings is 1. The van der Waals surface area contributed by atoms with Crippen LogP contribution in [-0.4, -0.2) is 29.3 Å². The van der Waals surface area contributed by atoms with Gasteiger partial charge in [-0.05, 0) is 54.8 Å². The van der Waals surface area contributed by atoms with E-state index in [4.69, 9.17) is 0 Å². The van der Waals surface area contributed by atoms with Gasteiger partial charge in [-0.3, -0.25) is 9.59 Å². The predicted molar refractivity (Wildman–Crippen MR) is 133 cm³/mol. The fourth-order valence-electron chi connectivity index (χ4n) is 5.37. The first-order valence-corrected chi connectivity index (χ1v) is 12.8. The third kappa shape index (κ3) is 4.34. The van der Waals surface area contributed by atoms with Crippen LogP contribution in [0.1, 0.15) is 69.6 Å². The van der Waals surface area contributed by atoms with Gasteiger partial charge in [0.15, 0.2) is 0 Å². The van der Waals surface area contributed by atoms with Gasteiger partial charge < -0.3 is 10.2 Å². The Labute approximate surface area is 199 Å². The molecule has 2 heterocycles. The highest BCUT2D eigenvalue weighted by molar-refractivity contribution is 7.10. The zero-order valence-electron chi connectivity index (χ0n) is 19.0. The monoisotopic (exact) mass is 458 g/mol. The van der Waals surface area contributed by atoms with Crippen LogP contribution in [0.15, 0.2) is 66.0 Å². The molecule has 1 aliphatic heterocycles. The van der Waals surface area contributed by atoms with Gasteiger partial charge in [-0.25, -0.2) is 0 Å². The number of nitrogens with one attached hydrogen (secondary N) is 1. The molecule has 1 fully saturated rings. The van der Waals surface area contributed by atoms with Gasteiger partial charge in [-0.1, -0.05) is 66.9 Å². The number of rotatable bonds is 6. The van der Waals surface area contributed by atoms with Crippen molar-refractivity contribution in [3.8, 4) is 0 Å². The van der Waals surface area contributed by atoms with E-state index >= 15 is 0 Å². The molecule has 2 aliphatic rings. The summed E-state index contributed by atoms with van der Waals surface area (Å²) in [6, 6.07) is 20.2. The summed E-state index contributed by atoms with van der Waals surface area (Å²) < 4.78 is 0. The number of carbonyl (C=O) groups excluding carboxylic acids is 2. The second-order valence-corrected chi connectivity index (χ2v) is 10.2. The Morgan fingerprint density at radius 1 is 1.03 bits per heavy atom. The standard InChI is InChI=1S/C28H30N2O2S/c1-19-12-14-20(15-13-19)16-17-29-27(31)25-22-9-4-5-10-23(22)28(32)30(21-7-2-3-8-21)26(25)24-11-6-18-33-24/h4-6,9-15,18,21,25-26H,2-3,7-8,16-17H2,1H3,(H,29,31). The zero-order valence-corrected chi connectivity index (χ0v) is 19.8. The molecular weight excluding hydrogens is 428 g/mol. The summed E-state index contributed by atoms with van der Waals surface area (Å²) in [4.78, 5) is 30.6. The molecule has 5 heteroatoms. The van der Waals surface area contributed by atoms with E-state index in [1.54, 1.807) is 11.3 Å². The van der Waals surface area contributed by atoms with Crippen molar-refractivity contribution in [2.24, 2.45) is 0 Å². The highest BCUT2D eigenvalue weighted by Gasteiger charge is 2.47. The van der Waals surface area contributed by atoms with Gasteiger partial charge in [0.2, 0.25) is 5.91 Å². The lowest BCUT2D eigenvalue weighted by Gasteiger charge is -2.44. The lowest BCUT2D eigenvalue weighted by atomic mass is 9.80. The molecule has 5 rings (SSSR count). The summed E-state index contributed by atoms with van der Waals surface area (Å²) in [6.07, 6.45) is 5.09. The normalized spacial score (nSPS) is 20.6. The number of carbonyl (C=O) groups is 2. The highest BCUT2D eigenvalue weighted by Crippen LogP contribution is 2.47. The van der Waals surface area contributed by atoms with Crippen LogP contribution in [0.4, 0.5) is 0 Å². The van der Waals surface area contributed by atoms with Gasteiger partial charge in [-0.2, -0.15) is 0 Å². The quantitative estimate of drug-likeness (QED) is 0.520. The smallest absolute Gasteiger partial charge is 0.254 e. The first kappa shape index (κ1) is 21.9. The maximum Gasteiger partial charge on any atom is 0.254 e. The van der Waals surface area contributed by atoms with E-state index < -0.39 is 5.92 Å². The van der Waals surface area contributed by atoms with Crippen LogP contribution < -0.4 is 5.32 Å². The molecule has 2 aromatic carbocycles. The Balaban J connectivity index is 1.46. The molecular formula is C28H30N2O2S. The molecule has 1 aromatic heterocycles. The van der Waals surface area contributed by atoms with E-state index in [1.165, 1.54) is 11.1 Å². The van der Waals surface area contributed by atoms with Crippen molar-refractivity contribution in [3.63, 3.8) is 0 Å². The zero-order chi connectivity index (χ0) is 22.8. The number of hydrogen-bond acceptors (Lipinski definition) is 3. The molecule has 3 aromatic rings. The number of aryl methyl sites for hydroxylation is 1. The lowest BCUT2D eigenvalue weighted by molar-refractivity contribution is -0.124. The fraction of sp³-hybridized carbons (Fsp3) is 0.357. The number of nitrogens with zero attached hydrogens (tertiary/aromatic N) is 1. The number of benzene rings is 2. The third-order valence-electron chi connectivity index (χ3n) is 7.04. The van der Waals surface area contributed by atoms with Crippen molar-refractivity contribution in [1.29, 1.82) is 0 Å². The SMILES string of the molecule is Cc1ccc(CCNC(=O)C2c3ccccc3C(=O)N(C3CCCC3)C2c2cccs2)cc1. The first-order valence-electron chi connectivity index (χ1n) is 11.9. The molecule has 4 nitrogen and oxygen atoms in total.